The van der Waals surface area contributed by atoms with Gasteiger partial charge in [-0.25, -0.2) is 4.39 Å². The van der Waals surface area contributed by atoms with Gasteiger partial charge in [0.15, 0.2) is 5.75 Å². The van der Waals surface area contributed by atoms with Gasteiger partial charge in [0.1, 0.15) is 23.4 Å². The van der Waals surface area contributed by atoms with Crippen LogP contribution in [0.3, 0.4) is 0 Å². The third-order valence-corrected chi connectivity index (χ3v) is 4.27. The summed E-state index contributed by atoms with van der Waals surface area (Å²) in [6.45, 7) is 3.33. The lowest BCUT2D eigenvalue weighted by molar-refractivity contribution is -0.139. The topological polar surface area (TPSA) is 80.4 Å². The van der Waals surface area contributed by atoms with Crippen LogP contribution in [-0.4, -0.2) is 15.9 Å². The smallest absolute Gasteiger partial charge is 0.419 e. The number of alkyl halides is 3. The first-order valence-corrected chi connectivity index (χ1v) is 9.25. The highest BCUT2D eigenvalue weighted by atomic mass is 35.5. The van der Waals surface area contributed by atoms with E-state index in [0.29, 0.717) is 17.8 Å². The minimum absolute atomic E-state index is 0.00684. The van der Waals surface area contributed by atoms with Crippen molar-refractivity contribution in [3.8, 4) is 34.4 Å². The summed E-state index contributed by atoms with van der Waals surface area (Å²) in [7, 11) is 0. The van der Waals surface area contributed by atoms with Crippen molar-refractivity contribution in [3.05, 3.63) is 64.7 Å². The van der Waals surface area contributed by atoms with Crippen LogP contribution in [0.4, 0.5) is 17.6 Å². The van der Waals surface area contributed by atoms with E-state index in [4.69, 9.17) is 21.2 Å². The fourth-order valence-electron chi connectivity index (χ4n) is 2.57. The number of ether oxygens (including phenoxy) is 1. The van der Waals surface area contributed by atoms with E-state index in [-0.39, 0.29) is 39.0 Å². The van der Waals surface area contributed by atoms with Crippen LogP contribution < -0.4 is 9.57 Å². The molecule has 0 aliphatic rings. The van der Waals surface area contributed by atoms with Crippen LogP contribution in [0.1, 0.15) is 25.0 Å². The summed E-state index contributed by atoms with van der Waals surface area (Å²) < 4.78 is 59.8. The van der Waals surface area contributed by atoms with Gasteiger partial charge in [0.25, 0.3) is 0 Å². The number of nitrogens with zero attached hydrogens (tertiary/aromatic N) is 4. The van der Waals surface area contributed by atoms with Crippen molar-refractivity contribution in [1.29, 1.82) is 5.26 Å². The van der Waals surface area contributed by atoms with E-state index >= 15 is 0 Å². The first kappa shape index (κ1) is 23.0. The molecule has 0 saturated carbocycles. The van der Waals surface area contributed by atoms with E-state index in [2.05, 4.69) is 15.4 Å². The second kappa shape index (κ2) is 9.20. The molecule has 32 heavy (non-hydrogen) atoms. The van der Waals surface area contributed by atoms with Crippen molar-refractivity contribution < 1.29 is 27.1 Å². The lowest BCUT2D eigenvalue weighted by Crippen LogP contribution is -2.09. The van der Waals surface area contributed by atoms with Crippen LogP contribution in [0.15, 0.2) is 47.9 Å². The Morgan fingerprint density at radius 3 is 2.44 bits per heavy atom. The van der Waals surface area contributed by atoms with Gasteiger partial charge in [-0.2, -0.15) is 28.6 Å². The van der Waals surface area contributed by atoms with Crippen LogP contribution in [0.5, 0.6) is 17.2 Å². The second-order valence-corrected chi connectivity index (χ2v) is 6.99. The van der Waals surface area contributed by atoms with Crippen LogP contribution in [0.2, 0.25) is 5.02 Å². The standard InChI is InChI=1S/C21H13ClF4N4O2/c1-11(2)30-32-18-8-20(16(22)5-13(18)9-27)31-19-7-17(23)15(21(24,25)26)6-14(19)12-3-4-28-29-10-12/h3-8,10H,1-2H3. The van der Waals surface area contributed by atoms with Crippen LogP contribution in [-0.2, 0) is 6.18 Å². The largest absolute Gasteiger partial charge is 0.455 e. The fourth-order valence-corrected chi connectivity index (χ4v) is 2.77. The SMILES string of the molecule is CC(C)=NOc1cc(Oc2cc(F)c(C(F)(F)F)cc2-c2ccnnc2)c(Cl)cc1C#N. The molecule has 6 nitrogen and oxygen atoms in total. The Kier molecular flexibility index (Phi) is 6.60. The highest BCUT2D eigenvalue weighted by Gasteiger charge is 2.35. The van der Waals surface area contributed by atoms with Crippen LogP contribution in [0.25, 0.3) is 11.1 Å². The molecule has 0 N–H and O–H groups in total. The normalized spacial score (nSPS) is 10.9. The Balaban J connectivity index is 2.15. The number of oxime groups is 1. The van der Waals surface area contributed by atoms with Crippen molar-refractivity contribution in [1.82, 2.24) is 10.2 Å². The Bertz CT molecular complexity index is 1220. The zero-order valence-corrected chi connectivity index (χ0v) is 17.3. The van der Waals surface area contributed by atoms with Gasteiger partial charge in [-0.15, -0.1) is 0 Å². The van der Waals surface area contributed by atoms with Crippen molar-refractivity contribution in [3.63, 3.8) is 0 Å². The number of hydrogen-bond donors (Lipinski definition) is 0. The van der Waals surface area contributed by atoms with E-state index < -0.39 is 17.6 Å². The molecule has 0 saturated heterocycles. The van der Waals surface area contributed by atoms with Crippen LogP contribution >= 0.6 is 11.6 Å². The lowest BCUT2D eigenvalue weighted by atomic mass is 10.0. The molecular formula is C21H13ClF4N4O2. The van der Waals surface area contributed by atoms with Crippen molar-refractivity contribution in [2.24, 2.45) is 5.16 Å². The van der Waals surface area contributed by atoms with Crippen molar-refractivity contribution >= 4 is 17.3 Å². The molecule has 0 fully saturated rings. The van der Waals surface area contributed by atoms with E-state index in [1.165, 1.54) is 30.6 Å². The fraction of sp³-hybridized carbons (Fsp3) is 0.143. The third-order valence-electron chi connectivity index (χ3n) is 3.97. The molecule has 0 radical (unpaired) electrons. The molecule has 0 unspecified atom stereocenters. The predicted molar refractivity (Wildman–Crippen MR) is 108 cm³/mol. The summed E-state index contributed by atoms with van der Waals surface area (Å²) >= 11 is 6.17. The second-order valence-electron chi connectivity index (χ2n) is 6.58. The molecule has 3 aromatic rings. The molecule has 2 aromatic carbocycles. The van der Waals surface area contributed by atoms with E-state index in [1.54, 1.807) is 13.8 Å². The zero-order chi connectivity index (χ0) is 23.5. The third kappa shape index (κ3) is 5.12. The molecule has 0 bridgehead atoms. The molecule has 0 spiro atoms. The maximum absolute atomic E-state index is 14.3. The van der Waals surface area contributed by atoms with Crippen molar-refractivity contribution in [2.45, 2.75) is 20.0 Å². The Morgan fingerprint density at radius 1 is 1.09 bits per heavy atom. The molecular weight excluding hydrogens is 452 g/mol. The minimum Gasteiger partial charge on any atom is -0.455 e. The number of halogens is 5. The molecule has 0 atom stereocenters. The molecule has 1 heterocycles. The molecule has 0 amide bonds. The summed E-state index contributed by atoms with van der Waals surface area (Å²) in [6, 6.07) is 6.96. The number of hydrogen-bond acceptors (Lipinski definition) is 6. The maximum Gasteiger partial charge on any atom is 0.419 e. The Morgan fingerprint density at radius 2 is 1.84 bits per heavy atom. The van der Waals surface area contributed by atoms with Gasteiger partial charge in [-0.3, -0.25) is 0 Å². The molecule has 1 aromatic heterocycles. The number of nitriles is 1. The van der Waals surface area contributed by atoms with Gasteiger partial charge in [0, 0.05) is 23.3 Å². The lowest BCUT2D eigenvalue weighted by Gasteiger charge is -2.16. The van der Waals surface area contributed by atoms with Gasteiger partial charge >= 0.3 is 6.18 Å². The number of aromatic nitrogens is 2. The summed E-state index contributed by atoms with van der Waals surface area (Å²) in [5.41, 5.74) is -0.764. The number of benzene rings is 2. The van der Waals surface area contributed by atoms with Crippen LogP contribution in [0, 0.1) is 17.1 Å². The Labute approximate surface area is 184 Å². The van der Waals surface area contributed by atoms with E-state index in [9.17, 15) is 22.8 Å². The molecule has 3 rings (SSSR count). The highest BCUT2D eigenvalue weighted by Crippen LogP contribution is 2.42. The molecule has 0 aliphatic carbocycles. The summed E-state index contributed by atoms with van der Waals surface area (Å²) in [5.74, 6) is -1.90. The molecule has 0 aliphatic heterocycles. The van der Waals surface area contributed by atoms with Crippen molar-refractivity contribution in [2.75, 3.05) is 0 Å². The number of rotatable bonds is 5. The highest BCUT2D eigenvalue weighted by molar-refractivity contribution is 6.32. The molecule has 11 heteroatoms. The summed E-state index contributed by atoms with van der Waals surface area (Å²) in [5, 5.41) is 20.2. The summed E-state index contributed by atoms with van der Waals surface area (Å²) in [4.78, 5) is 5.21. The Hall–Kier alpha value is -3.71. The average molecular weight is 465 g/mol. The van der Waals surface area contributed by atoms with Gasteiger partial charge < -0.3 is 9.57 Å². The minimum atomic E-state index is -4.93. The van der Waals surface area contributed by atoms with Gasteiger partial charge in [-0.1, -0.05) is 16.8 Å². The van der Waals surface area contributed by atoms with E-state index in [1.807, 2.05) is 6.07 Å². The van der Waals surface area contributed by atoms with Gasteiger partial charge in [-0.05, 0) is 32.0 Å². The maximum atomic E-state index is 14.3. The van der Waals surface area contributed by atoms with E-state index in [0.717, 1.165) is 0 Å². The monoisotopic (exact) mass is 464 g/mol. The summed E-state index contributed by atoms with van der Waals surface area (Å²) in [6.07, 6.45) is -2.46. The first-order chi connectivity index (χ1) is 15.1. The average Bonchev–Trinajstić information content (AvgIpc) is 2.73. The van der Waals surface area contributed by atoms with Gasteiger partial charge in [0.2, 0.25) is 0 Å². The predicted octanol–water partition coefficient (Wildman–Crippen LogP) is 6.39. The quantitative estimate of drug-likeness (QED) is 0.248. The zero-order valence-electron chi connectivity index (χ0n) is 16.5. The van der Waals surface area contributed by atoms with Gasteiger partial charge in [0.05, 0.1) is 34.3 Å². The molecule has 164 valence electrons. The first-order valence-electron chi connectivity index (χ1n) is 8.87.